The van der Waals surface area contributed by atoms with Gasteiger partial charge >= 0.3 is 0 Å². The molecule has 3 aromatic heterocycles. The van der Waals surface area contributed by atoms with E-state index in [2.05, 4.69) is 20.0 Å². The molecule has 1 fully saturated rings. The zero-order valence-electron chi connectivity index (χ0n) is 19.0. The van der Waals surface area contributed by atoms with Crippen molar-refractivity contribution in [2.45, 2.75) is 26.3 Å². The summed E-state index contributed by atoms with van der Waals surface area (Å²) in [5.41, 5.74) is 0.490. The molecule has 176 valence electrons. The van der Waals surface area contributed by atoms with Crippen LogP contribution in [0.25, 0.3) is 21.6 Å². The molecule has 1 aromatic carbocycles. The van der Waals surface area contributed by atoms with Gasteiger partial charge in [0.15, 0.2) is 0 Å². The molecule has 0 bridgehead atoms. The maximum absolute atomic E-state index is 12.9. The highest BCUT2D eigenvalue weighted by molar-refractivity contribution is 7.13. The quantitative estimate of drug-likeness (QED) is 0.403. The Hall–Kier alpha value is -3.37. The molecular formula is C24H26N6O3S. The molecule has 1 aliphatic rings. The average Bonchev–Trinajstić information content (AvgIpc) is 3.54. The Morgan fingerprint density at radius 3 is 2.71 bits per heavy atom. The number of piperazine rings is 1. The van der Waals surface area contributed by atoms with E-state index in [4.69, 9.17) is 4.52 Å². The van der Waals surface area contributed by atoms with Crippen molar-refractivity contribution in [2.75, 3.05) is 32.7 Å². The molecule has 0 aliphatic carbocycles. The highest BCUT2D eigenvalue weighted by Crippen LogP contribution is 2.21. The predicted octanol–water partition coefficient (Wildman–Crippen LogP) is 2.59. The van der Waals surface area contributed by atoms with Gasteiger partial charge in [-0.2, -0.15) is 4.98 Å². The predicted molar refractivity (Wildman–Crippen MR) is 130 cm³/mol. The second-order valence-electron chi connectivity index (χ2n) is 8.38. The summed E-state index contributed by atoms with van der Waals surface area (Å²) >= 11 is 1.59. The van der Waals surface area contributed by atoms with E-state index >= 15 is 0 Å². The summed E-state index contributed by atoms with van der Waals surface area (Å²) in [4.78, 5) is 39.9. The lowest BCUT2D eigenvalue weighted by atomic mass is 10.2. The molecule has 0 saturated carbocycles. The van der Waals surface area contributed by atoms with Crippen LogP contribution in [0.3, 0.4) is 0 Å². The minimum absolute atomic E-state index is 0.0201. The van der Waals surface area contributed by atoms with Crippen molar-refractivity contribution in [2.24, 2.45) is 0 Å². The monoisotopic (exact) mass is 478 g/mol. The topological polar surface area (TPSA) is 97.4 Å². The molecule has 0 unspecified atom stereocenters. The third-order valence-electron chi connectivity index (χ3n) is 6.15. The van der Waals surface area contributed by atoms with E-state index in [9.17, 15) is 9.59 Å². The number of carbonyl (C=O) groups excluding carboxylic acids is 1. The number of benzene rings is 1. The molecule has 0 spiro atoms. The van der Waals surface area contributed by atoms with Crippen molar-refractivity contribution in [1.29, 1.82) is 0 Å². The fourth-order valence-electron chi connectivity index (χ4n) is 4.24. The second-order valence-corrected chi connectivity index (χ2v) is 9.33. The molecule has 5 rings (SSSR count). The molecule has 1 amide bonds. The van der Waals surface area contributed by atoms with Crippen LogP contribution in [0, 0.1) is 6.92 Å². The third-order valence-corrected chi connectivity index (χ3v) is 7.01. The van der Waals surface area contributed by atoms with E-state index in [-0.39, 0.29) is 18.0 Å². The summed E-state index contributed by atoms with van der Waals surface area (Å²) in [6, 6.07) is 11.2. The summed E-state index contributed by atoms with van der Waals surface area (Å²) in [6.45, 7) is 5.61. The summed E-state index contributed by atoms with van der Waals surface area (Å²) in [5, 5.41) is 6.59. The number of aromatic nitrogens is 4. The first-order valence-electron chi connectivity index (χ1n) is 11.4. The van der Waals surface area contributed by atoms with Crippen LogP contribution in [0.1, 0.15) is 18.1 Å². The lowest BCUT2D eigenvalue weighted by Gasteiger charge is -2.34. The minimum atomic E-state index is -0.168. The molecule has 4 aromatic rings. The van der Waals surface area contributed by atoms with Crippen molar-refractivity contribution < 1.29 is 9.32 Å². The van der Waals surface area contributed by atoms with Crippen LogP contribution in [-0.2, 0) is 17.8 Å². The Morgan fingerprint density at radius 1 is 1.09 bits per heavy atom. The SMILES string of the molecule is Cc1nc2ccccc2c(=O)n1CC(=O)N1CCN(CCCc2nc(-c3cccs3)no2)CC1. The van der Waals surface area contributed by atoms with Gasteiger partial charge in [-0.1, -0.05) is 23.4 Å². The van der Waals surface area contributed by atoms with Crippen molar-refractivity contribution in [3.05, 3.63) is 63.8 Å². The molecule has 34 heavy (non-hydrogen) atoms. The summed E-state index contributed by atoms with van der Waals surface area (Å²) in [5.74, 6) is 1.81. The van der Waals surface area contributed by atoms with Crippen LogP contribution < -0.4 is 5.56 Å². The van der Waals surface area contributed by atoms with Crippen LogP contribution in [-0.4, -0.2) is 68.1 Å². The highest BCUT2D eigenvalue weighted by atomic mass is 32.1. The zero-order valence-corrected chi connectivity index (χ0v) is 19.8. The average molecular weight is 479 g/mol. The van der Waals surface area contributed by atoms with Gasteiger partial charge in [0.1, 0.15) is 12.4 Å². The smallest absolute Gasteiger partial charge is 0.261 e. The maximum Gasteiger partial charge on any atom is 0.261 e. The van der Waals surface area contributed by atoms with Crippen molar-refractivity contribution >= 4 is 28.1 Å². The second kappa shape index (κ2) is 9.86. The van der Waals surface area contributed by atoms with Gasteiger partial charge in [-0.25, -0.2) is 4.98 Å². The number of hydrogen-bond donors (Lipinski definition) is 0. The molecule has 0 radical (unpaired) electrons. The van der Waals surface area contributed by atoms with Gasteiger partial charge in [-0.3, -0.25) is 19.1 Å². The van der Waals surface area contributed by atoms with Crippen LogP contribution in [0.2, 0.25) is 0 Å². The van der Waals surface area contributed by atoms with E-state index in [1.165, 1.54) is 4.57 Å². The molecule has 0 N–H and O–H groups in total. The molecule has 10 heteroatoms. The van der Waals surface area contributed by atoms with Crippen LogP contribution in [0.5, 0.6) is 0 Å². The van der Waals surface area contributed by atoms with Crippen molar-refractivity contribution in [3.63, 3.8) is 0 Å². The van der Waals surface area contributed by atoms with E-state index < -0.39 is 0 Å². The van der Waals surface area contributed by atoms with E-state index in [0.29, 0.717) is 41.5 Å². The Labute approximate surface area is 200 Å². The van der Waals surface area contributed by atoms with E-state index in [0.717, 1.165) is 37.4 Å². The van der Waals surface area contributed by atoms with Gasteiger partial charge < -0.3 is 9.42 Å². The first kappa shape index (κ1) is 22.4. The van der Waals surface area contributed by atoms with Crippen molar-refractivity contribution in [1.82, 2.24) is 29.5 Å². The Bertz CT molecular complexity index is 1340. The molecule has 4 heterocycles. The third kappa shape index (κ3) is 4.78. The minimum Gasteiger partial charge on any atom is -0.339 e. The molecule has 1 saturated heterocycles. The number of fused-ring (bicyclic) bond motifs is 1. The van der Waals surface area contributed by atoms with Gasteiger partial charge in [0.05, 0.1) is 15.8 Å². The van der Waals surface area contributed by atoms with Crippen LogP contribution in [0.4, 0.5) is 0 Å². The molecule has 0 atom stereocenters. The van der Waals surface area contributed by atoms with Gasteiger partial charge in [0.2, 0.25) is 17.6 Å². The molecule has 1 aliphatic heterocycles. The van der Waals surface area contributed by atoms with Gasteiger partial charge in [-0.15, -0.1) is 11.3 Å². The summed E-state index contributed by atoms with van der Waals surface area (Å²) in [7, 11) is 0. The lowest BCUT2D eigenvalue weighted by molar-refractivity contribution is -0.133. The Kier molecular flexibility index (Phi) is 6.50. The van der Waals surface area contributed by atoms with Crippen LogP contribution >= 0.6 is 11.3 Å². The number of aryl methyl sites for hydroxylation is 2. The Balaban J connectivity index is 1.11. The van der Waals surface area contributed by atoms with Gasteiger partial charge in [0.25, 0.3) is 5.56 Å². The number of rotatable bonds is 7. The molecular weight excluding hydrogens is 452 g/mol. The van der Waals surface area contributed by atoms with E-state index in [1.54, 1.807) is 24.3 Å². The number of carbonyl (C=O) groups is 1. The largest absolute Gasteiger partial charge is 0.339 e. The summed E-state index contributed by atoms with van der Waals surface area (Å²) < 4.78 is 6.85. The standard InChI is InChI=1S/C24H26N6O3S/c1-17-25-19-7-3-2-6-18(19)24(32)30(17)16-22(31)29-13-11-28(12-14-29)10-4-9-21-26-23(27-33-21)20-8-5-15-34-20/h2-3,5-8,15H,4,9-14,16H2,1H3. The maximum atomic E-state index is 12.9. The number of hydrogen-bond acceptors (Lipinski definition) is 8. The first-order chi connectivity index (χ1) is 16.6. The lowest BCUT2D eigenvalue weighted by Crippen LogP contribution is -2.50. The summed E-state index contributed by atoms with van der Waals surface area (Å²) in [6.07, 6.45) is 1.64. The fraction of sp³-hybridized carbons (Fsp3) is 0.375. The highest BCUT2D eigenvalue weighted by Gasteiger charge is 2.22. The number of para-hydroxylation sites is 1. The zero-order chi connectivity index (χ0) is 23.5. The number of amides is 1. The van der Waals surface area contributed by atoms with Crippen molar-refractivity contribution in [3.8, 4) is 10.7 Å². The van der Waals surface area contributed by atoms with Crippen LogP contribution in [0.15, 0.2) is 51.1 Å². The fourth-order valence-corrected chi connectivity index (χ4v) is 4.89. The first-order valence-corrected chi connectivity index (χ1v) is 12.3. The Morgan fingerprint density at radius 2 is 1.91 bits per heavy atom. The number of nitrogens with zero attached hydrogens (tertiary/aromatic N) is 6. The van der Waals surface area contributed by atoms with Gasteiger partial charge in [0, 0.05) is 32.6 Å². The number of thiophene rings is 1. The van der Waals surface area contributed by atoms with E-state index in [1.807, 2.05) is 40.6 Å². The normalized spacial score (nSPS) is 14.7. The van der Waals surface area contributed by atoms with Gasteiger partial charge in [-0.05, 0) is 43.5 Å². The molecule has 9 nitrogen and oxygen atoms in total.